The Balaban J connectivity index is 1.48. The number of hydrogen-bond donors (Lipinski definition) is 0. The first-order chi connectivity index (χ1) is 13.7. The number of hydrogen-bond acceptors (Lipinski definition) is 5. The molecule has 2 aromatic rings. The largest absolute Gasteiger partial charge is 0.494 e. The minimum Gasteiger partial charge on any atom is -0.494 e. The minimum atomic E-state index is 0.0903. The van der Waals surface area contributed by atoms with E-state index in [1.165, 1.54) is 0 Å². The molecule has 1 aliphatic rings. The molecule has 0 amide bonds. The van der Waals surface area contributed by atoms with E-state index in [9.17, 15) is 4.79 Å². The Labute approximate surface area is 167 Å². The van der Waals surface area contributed by atoms with Crippen molar-refractivity contribution in [2.24, 2.45) is 0 Å². The molecule has 1 saturated heterocycles. The standard InChI is InChI=1S/C23H30N2O3/c1-3-27-23-10-9-20(19(2)26)17-21(23)18-25-13-11-24(12-14-25)15-16-28-22-7-5-4-6-8-22/h4-10,17H,3,11-16,18H2,1-2H3. The van der Waals surface area contributed by atoms with Gasteiger partial charge in [-0.25, -0.2) is 0 Å². The van der Waals surface area contributed by atoms with Crippen LogP contribution in [0, 0.1) is 0 Å². The number of para-hydroxylation sites is 1. The zero-order valence-corrected chi connectivity index (χ0v) is 16.9. The fourth-order valence-electron chi connectivity index (χ4n) is 3.44. The van der Waals surface area contributed by atoms with E-state index in [1.54, 1.807) is 6.92 Å². The van der Waals surface area contributed by atoms with Gasteiger partial charge in [-0.05, 0) is 44.2 Å². The lowest BCUT2D eigenvalue weighted by Gasteiger charge is -2.34. The molecular formula is C23H30N2O3. The Morgan fingerprint density at radius 3 is 2.36 bits per heavy atom. The van der Waals surface area contributed by atoms with Gasteiger partial charge in [0, 0.05) is 50.4 Å². The first-order valence-electron chi connectivity index (χ1n) is 10.0. The summed E-state index contributed by atoms with van der Waals surface area (Å²) < 4.78 is 11.6. The SMILES string of the molecule is CCOc1ccc(C(C)=O)cc1CN1CCN(CCOc2ccccc2)CC1. The van der Waals surface area contributed by atoms with E-state index in [1.807, 2.05) is 55.5 Å². The van der Waals surface area contributed by atoms with Crippen LogP contribution in [0.25, 0.3) is 0 Å². The summed E-state index contributed by atoms with van der Waals surface area (Å²) in [5.41, 5.74) is 1.84. The van der Waals surface area contributed by atoms with E-state index in [0.717, 1.165) is 61.9 Å². The fraction of sp³-hybridized carbons (Fsp3) is 0.435. The van der Waals surface area contributed by atoms with Crippen LogP contribution in [0.15, 0.2) is 48.5 Å². The van der Waals surface area contributed by atoms with Crippen LogP contribution in [0.5, 0.6) is 11.5 Å². The van der Waals surface area contributed by atoms with Gasteiger partial charge in [-0.2, -0.15) is 0 Å². The average Bonchev–Trinajstić information content (AvgIpc) is 2.71. The molecule has 150 valence electrons. The number of nitrogens with zero attached hydrogens (tertiary/aromatic N) is 2. The van der Waals surface area contributed by atoms with Crippen LogP contribution in [0.3, 0.4) is 0 Å². The molecule has 0 spiro atoms. The lowest BCUT2D eigenvalue weighted by Crippen LogP contribution is -2.47. The third-order valence-corrected chi connectivity index (χ3v) is 5.05. The quantitative estimate of drug-likeness (QED) is 0.621. The van der Waals surface area contributed by atoms with E-state index in [4.69, 9.17) is 9.47 Å². The number of Topliss-reactive ketones (excluding diaryl/α,β-unsaturated/α-hetero) is 1. The Bertz CT molecular complexity index is 756. The molecule has 0 aliphatic carbocycles. The van der Waals surface area contributed by atoms with Crippen molar-refractivity contribution < 1.29 is 14.3 Å². The molecule has 0 radical (unpaired) electrons. The van der Waals surface area contributed by atoms with Crippen LogP contribution < -0.4 is 9.47 Å². The second kappa shape index (κ2) is 10.2. The van der Waals surface area contributed by atoms with Gasteiger partial charge in [0.05, 0.1) is 6.61 Å². The number of carbonyl (C=O) groups is 1. The summed E-state index contributed by atoms with van der Waals surface area (Å²) in [7, 11) is 0. The first kappa shape index (κ1) is 20.4. The summed E-state index contributed by atoms with van der Waals surface area (Å²) in [6, 6.07) is 15.7. The number of ketones is 1. The highest BCUT2D eigenvalue weighted by Crippen LogP contribution is 2.23. The summed E-state index contributed by atoms with van der Waals surface area (Å²) in [5, 5.41) is 0. The van der Waals surface area contributed by atoms with Crippen LogP contribution in [-0.4, -0.2) is 61.5 Å². The topological polar surface area (TPSA) is 42.0 Å². The number of benzene rings is 2. The van der Waals surface area contributed by atoms with Gasteiger partial charge < -0.3 is 9.47 Å². The summed E-state index contributed by atoms with van der Waals surface area (Å²) in [5.74, 6) is 1.90. The summed E-state index contributed by atoms with van der Waals surface area (Å²) in [6.45, 7) is 10.7. The molecule has 3 rings (SSSR count). The van der Waals surface area contributed by atoms with Crippen molar-refractivity contribution in [3.8, 4) is 11.5 Å². The number of carbonyl (C=O) groups excluding carboxylic acids is 1. The molecule has 5 nitrogen and oxygen atoms in total. The summed E-state index contributed by atoms with van der Waals surface area (Å²) in [6.07, 6.45) is 0. The minimum absolute atomic E-state index is 0.0903. The number of ether oxygens (including phenoxy) is 2. The third-order valence-electron chi connectivity index (χ3n) is 5.05. The van der Waals surface area contributed by atoms with E-state index in [2.05, 4.69) is 9.80 Å². The molecule has 0 unspecified atom stereocenters. The van der Waals surface area contributed by atoms with Crippen molar-refractivity contribution in [3.05, 3.63) is 59.7 Å². The van der Waals surface area contributed by atoms with Gasteiger partial charge in [0.1, 0.15) is 18.1 Å². The summed E-state index contributed by atoms with van der Waals surface area (Å²) >= 11 is 0. The van der Waals surface area contributed by atoms with Gasteiger partial charge in [-0.1, -0.05) is 18.2 Å². The monoisotopic (exact) mass is 382 g/mol. The van der Waals surface area contributed by atoms with Gasteiger partial charge in [0.25, 0.3) is 0 Å². The molecule has 1 fully saturated rings. The van der Waals surface area contributed by atoms with E-state index < -0.39 is 0 Å². The molecule has 0 bridgehead atoms. The van der Waals surface area contributed by atoms with Crippen molar-refractivity contribution >= 4 is 5.78 Å². The van der Waals surface area contributed by atoms with Crippen molar-refractivity contribution in [2.45, 2.75) is 20.4 Å². The van der Waals surface area contributed by atoms with Crippen molar-refractivity contribution in [1.29, 1.82) is 0 Å². The average molecular weight is 383 g/mol. The van der Waals surface area contributed by atoms with Crippen LogP contribution in [0.1, 0.15) is 29.8 Å². The second-order valence-corrected chi connectivity index (χ2v) is 7.09. The van der Waals surface area contributed by atoms with Gasteiger partial charge in [0.15, 0.2) is 5.78 Å². The Kier molecular flexibility index (Phi) is 7.46. The Hall–Kier alpha value is -2.37. The summed E-state index contributed by atoms with van der Waals surface area (Å²) in [4.78, 5) is 16.6. The second-order valence-electron chi connectivity index (χ2n) is 7.09. The molecule has 28 heavy (non-hydrogen) atoms. The van der Waals surface area contributed by atoms with Crippen LogP contribution >= 0.6 is 0 Å². The number of rotatable bonds is 9. The highest BCUT2D eigenvalue weighted by atomic mass is 16.5. The normalized spacial score (nSPS) is 15.4. The van der Waals surface area contributed by atoms with Crippen molar-refractivity contribution in [3.63, 3.8) is 0 Å². The zero-order chi connectivity index (χ0) is 19.8. The predicted molar refractivity (Wildman–Crippen MR) is 111 cm³/mol. The highest BCUT2D eigenvalue weighted by molar-refractivity contribution is 5.94. The molecule has 0 N–H and O–H groups in total. The van der Waals surface area contributed by atoms with Gasteiger partial charge in [0.2, 0.25) is 0 Å². The van der Waals surface area contributed by atoms with Crippen molar-refractivity contribution in [2.75, 3.05) is 45.9 Å². The van der Waals surface area contributed by atoms with E-state index in [-0.39, 0.29) is 5.78 Å². The maximum absolute atomic E-state index is 11.7. The Morgan fingerprint density at radius 2 is 1.68 bits per heavy atom. The molecule has 1 aliphatic heterocycles. The molecular weight excluding hydrogens is 352 g/mol. The van der Waals surface area contributed by atoms with Gasteiger partial charge in [-0.3, -0.25) is 14.6 Å². The predicted octanol–water partition coefficient (Wildman–Crippen LogP) is 3.48. The molecule has 0 saturated carbocycles. The lowest BCUT2D eigenvalue weighted by atomic mass is 10.1. The van der Waals surface area contributed by atoms with Gasteiger partial charge in [-0.15, -0.1) is 0 Å². The Morgan fingerprint density at radius 1 is 0.964 bits per heavy atom. The highest BCUT2D eigenvalue weighted by Gasteiger charge is 2.19. The molecule has 1 heterocycles. The molecule has 2 aromatic carbocycles. The maximum Gasteiger partial charge on any atom is 0.159 e. The van der Waals surface area contributed by atoms with Gasteiger partial charge >= 0.3 is 0 Å². The van der Waals surface area contributed by atoms with Crippen LogP contribution in [0.4, 0.5) is 0 Å². The van der Waals surface area contributed by atoms with E-state index >= 15 is 0 Å². The van der Waals surface area contributed by atoms with Crippen LogP contribution in [0.2, 0.25) is 0 Å². The fourth-order valence-corrected chi connectivity index (χ4v) is 3.44. The molecule has 0 aromatic heterocycles. The third kappa shape index (κ3) is 5.81. The zero-order valence-electron chi connectivity index (χ0n) is 16.9. The molecule has 5 heteroatoms. The number of piperazine rings is 1. The first-order valence-corrected chi connectivity index (χ1v) is 10.0. The lowest BCUT2D eigenvalue weighted by molar-refractivity contribution is 0.101. The maximum atomic E-state index is 11.7. The van der Waals surface area contributed by atoms with Crippen molar-refractivity contribution in [1.82, 2.24) is 9.80 Å². The smallest absolute Gasteiger partial charge is 0.159 e. The van der Waals surface area contributed by atoms with Crippen LogP contribution in [-0.2, 0) is 6.54 Å². The molecule has 0 atom stereocenters. The van der Waals surface area contributed by atoms with E-state index in [0.29, 0.717) is 13.2 Å².